The lowest BCUT2D eigenvalue weighted by atomic mass is 10.3. The first kappa shape index (κ1) is 13.0. The molecule has 0 radical (unpaired) electrons. The summed E-state index contributed by atoms with van der Waals surface area (Å²) in [7, 11) is -3.35. The van der Waals surface area contributed by atoms with Crippen molar-refractivity contribution in [3.8, 4) is 0 Å². The van der Waals surface area contributed by atoms with Crippen LogP contribution in [-0.2, 0) is 10.0 Å². The number of rotatable bonds is 5. The van der Waals surface area contributed by atoms with Crippen molar-refractivity contribution in [3.63, 3.8) is 0 Å². The van der Waals surface area contributed by atoms with Gasteiger partial charge in [0.2, 0.25) is 10.0 Å². The van der Waals surface area contributed by atoms with Gasteiger partial charge < -0.3 is 5.73 Å². The van der Waals surface area contributed by atoms with E-state index in [1.165, 1.54) is 4.31 Å². The van der Waals surface area contributed by atoms with E-state index >= 15 is 0 Å². The van der Waals surface area contributed by atoms with E-state index in [4.69, 9.17) is 5.73 Å². The van der Waals surface area contributed by atoms with E-state index in [0.717, 1.165) is 6.42 Å². The molecule has 0 heterocycles. The molecule has 2 N–H and O–H groups in total. The van der Waals surface area contributed by atoms with Gasteiger partial charge in [0.05, 0.1) is 4.90 Å². The van der Waals surface area contributed by atoms with Crippen LogP contribution in [0, 0.1) is 0 Å². The third kappa shape index (κ3) is 2.74. The van der Waals surface area contributed by atoms with Crippen molar-refractivity contribution < 1.29 is 8.42 Å². The van der Waals surface area contributed by atoms with Gasteiger partial charge in [0, 0.05) is 18.8 Å². The van der Waals surface area contributed by atoms with Crippen LogP contribution in [0.25, 0.3) is 0 Å². The highest BCUT2D eigenvalue weighted by atomic mass is 32.2. The maximum Gasteiger partial charge on any atom is 0.243 e. The highest BCUT2D eigenvalue weighted by molar-refractivity contribution is 7.89. The second kappa shape index (κ2) is 5.32. The molecule has 0 unspecified atom stereocenters. The average molecular weight is 242 g/mol. The van der Waals surface area contributed by atoms with Gasteiger partial charge in [-0.05, 0) is 30.7 Å². The summed E-state index contributed by atoms with van der Waals surface area (Å²) in [4.78, 5) is 0.303. The number of hydrogen-bond donors (Lipinski definition) is 1. The van der Waals surface area contributed by atoms with Crippen molar-refractivity contribution in [1.82, 2.24) is 4.31 Å². The second-order valence-corrected chi connectivity index (χ2v) is 5.50. The van der Waals surface area contributed by atoms with Crippen molar-refractivity contribution in [2.24, 2.45) is 0 Å². The summed E-state index contributed by atoms with van der Waals surface area (Å²) >= 11 is 0. The quantitative estimate of drug-likeness (QED) is 0.799. The first-order valence-corrected chi connectivity index (χ1v) is 6.82. The van der Waals surface area contributed by atoms with Crippen LogP contribution in [0.2, 0.25) is 0 Å². The minimum atomic E-state index is -3.35. The summed E-state index contributed by atoms with van der Waals surface area (Å²) in [5.41, 5.74) is 6.10. The molecule has 0 aliphatic heterocycles. The number of benzene rings is 1. The molecule has 0 saturated carbocycles. The maximum absolute atomic E-state index is 12.1. The topological polar surface area (TPSA) is 63.4 Å². The van der Waals surface area contributed by atoms with Gasteiger partial charge in [-0.3, -0.25) is 0 Å². The Morgan fingerprint density at radius 2 is 1.75 bits per heavy atom. The van der Waals surface area contributed by atoms with Crippen LogP contribution in [0.3, 0.4) is 0 Å². The SMILES string of the molecule is CCCN(CC)S(=O)(=O)c1ccc(N)cc1. The molecule has 0 bridgehead atoms. The smallest absolute Gasteiger partial charge is 0.243 e. The Hall–Kier alpha value is -1.07. The van der Waals surface area contributed by atoms with E-state index in [2.05, 4.69) is 0 Å². The summed E-state index contributed by atoms with van der Waals surface area (Å²) in [5, 5.41) is 0. The Balaban J connectivity index is 3.04. The van der Waals surface area contributed by atoms with Gasteiger partial charge >= 0.3 is 0 Å². The minimum absolute atomic E-state index is 0.303. The monoisotopic (exact) mass is 242 g/mol. The molecule has 0 saturated heterocycles. The van der Waals surface area contributed by atoms with Gasteiger partial charge in [-0.15, -0.1) is 0 Å². The molecule has 0 fully saturated rings. The van der Waals surface area contributed by atoms with Gasteiger partial charge in [0.25, 0.3) is 0 Å². The van der Waals surface area contributed by atoms with Crippen molar-refractivity contribution >= 4 is 15.7 Å². The van der Waals surface area contributed by atoms with Crippen molar-refractivity contribution in [3.05, 3.63) is 24.3 Å². The molecule has 90 valence electrons. The Bertz CT molecular complexity index is 426. The standard InChI is InChI=1S/C11H18N2O2S/c1-3-9-13(4-2)16(14,15)11-7-5-10(12)6-8-11/h5-8H,3-4,9,12H2,1-2H3. The zero-order valence-electron chi connectivity index (χ0n) is 9.68. The second-order valence-electron chi connectivity index (χ2n) is 3.57. The highest BCUT2D eigenvalue weighted by Gasteiger charge is 2.21. The third-order valence-corrected chi connectivity index (χ3v) is 4.33. The molecule has 5 heteroatoms. The Morgan fingerprint density at radius 3 is 2.19 bits per heavy atom. The fraction of sp³-hybridized carbons (Fsp3) is 0.455. The van der Waals surface area contributed by atoms with E-state index in [0.29, 0.717) is 23.7 Å². The largest absolute Gasteiger partial charge is 0.399 e. The highest BCUT2D eigenvalue weighted by Crippen LogP contribution is 2.17. The summed E-state index contributed by atoms with van der Waals surface area (Å²) in [6.07, 6.45) is 0.808. The fourth-order valence-corrected chi connectivity index (χ4v) is 3.03. The van der Waals surface area contributed by atoms with E-state index in [-0.39, 0.29) is 0 Å². The lowest BCUT2D eigenvalue weighted by molar-refractivity contribution is 0.427. The predicted octanol–water partition coefficient (Wildman–Crippen LogP) is 1.69. The van der Waals surface area contributed by atoms with Crippen molar-refractivity contribution in [2.45, 2.75) is 25.2 Å². The van der Waals surface area contributed by atoms with Crippen LogP contribution in [0.5, 0.6) is 0 Å². The van der Waals surface area contributed by atoms with Gasteiger partial charge in [0.15, 0.2) is 0 Å². The van der Waals surface area contributed by atoms with Crippen molar-refractivity contribution in [2.75, 3.05) is 18.8 Å². The lowest BCUT2D eigenvalue weighted by Crippen LogP contribution is -2.31. The van der Waals surface area contributed by atoms with E-state index in [9.17, 15) is 8.42 Å². The molecule has 0 aliphatic rings. The van der Waals surface area contributed by atoms with Crippen LogP contribution in [0.1, 0.15) is 20.3 Å². The first-order chi connectivity index (χ1) is 7.52. The van der Waals surface area contributed by atoms with Gasteiger partial charge in [-0.1, -0.05) is 13.8 Å². The molecule has 0 aliphatic carbocycles. The van der Waals surface area contributed by atoms with Gasteiger partial charge in [0.1, 0.15) is 0 Å². The molecule has 1 aromatic carbocycles. The van der Waals surface area contributed by atoms with Crippen LogP contribution in [-0.4, -0.2) is 25.8 Å². The number of hydrogen-bond acceptors (Lipinski definition) is 3. The summed E-state index contributed by atoms with van der Waals surface area (Å²) in [6.45, 7) is 4.83. The minimum Gasteiger partial charge on any atom is -0.399 e. The molecule has 0 atom stereocenters. The normalized spacial score (nSPS) is 11.9. The molecule has 1 aromatic rings. The zero-order valence-corrected chi connectivity index (χ0v) is 10.5. The number of anilines is 1. The summed E-state index contributed by atoms with van der Waals surface area (Å²) in [6, 6.07) is 6.30. The number of nitrogens with two attached hydrogens (primary N) is 1. The number of nitrogen functional groups attached to an aromatic ring is 1. The Labute approximate surface area is 97.1 Å². The van der Waals surface area contributed by atoms with Crippen LogP contribution >= 0.6 is 0 Å². The number of sulfonamides is 1. The fourth-order valence-electron chi connectivity index (χ4n) is 1.49. The zero-order chi connectivity index (χ0) is 12.2. The van der Waals surface area contributed by atoms with E-state index in [1.54, 1.807) is 24.3 Å². The molecule has 4 nitrogen and oxygen atoms in total. The summed E-state index contributed by atoms with van der Waals surface area (Å²) < 4.78 is 25.8. The number of nitrogens with zero attached hydrogens (tertiary/aromatic N) is 1. The Kier molecular flexibility index (Phi) is 4.32. The van der Waals surface area contributed by atoms with Crippen LogP contribution in [0.4, 0.5) is 5.69 Å². The van der Waals surface area contributed by atoms with E-state index < -0.39 is 10.0 Å². The molecule has 16 heavy (non-hydrogen) atoms. The summed E-state index contributed by atoms with van der Waals surface area (Å²) in [5.74, 6) is 0. The van der Waals surface area contributed by atoms with Gasteiger partial charge in [-0.25, -0.2) is 8.42 Å². The maximum atomic E-state index is 12.1. The molecule has 0 spiro atoms. The molecular weight excluding hydrogens is 224 g/mol. The molecule has 0 amide bonds. The Morgan fingerprint density at radius 1 is 1.19 bits per heavy atom. The molecule has 0 aromatic heterocycles. The molecular formula is C11H18N2O2S. The van der Waals surface area contributed by atoms with E-state index in [1.807, 2.05) is 13.8 Å². The first-order valence-electron chi connectivity index (χ1n) is 5.38. The third-order valence-electron chi connectivity index (χ3n) is 2.34. The van der Waals surface area contributed by atoms with Gasteiger partial charge in [-0.2, -0.15) is 4.31 Å². The average Bonchev–Trinajstić information content (AvgIpc) is 2.26. The van der Waals surface area contributed by atoms with Crippen molar-refractivity contribution in [1.29, 1.82) is 0 Å². The van der Waals surface area contributed by atoms with Crippen LogP contribution in [0.15, 0.2) is 29.2 Å². The lowest BCUT2D eigenvalue weighted by Gasteiger charge is -2.19. The van der Waals surface area contributed by atoms with Crippen LogP contribution < -0.4 is 5.73 Å². The predicted molar refractivity (Wildman–Crippen MR) is 65.6 cm³/mol. The molecule has 1 rings (SSSR count).